The summed E-state index contributed by atoms with van der Waals surface area (Å²) in [6, 6.07) is 10.8. The molecule has 0 aliphatic carbocycles. The summed E-state index contributed by atoms with van der Waals surface area (Å²) in [5.41, 5.74) is 1.05. The van der Waals surface area contributed by atoms with Crippen LogP contribution in [0.25, 0.3) is 16.3 Å². The van der Waals surface area contributed by atoms with E-state index in [9.17, 15) is 17.2 Å². The van der Waals surface area contributed by atoms with Crippen molar-refractivity contribution in [3.63, 3.8) is 0 Å². The summed E-state index contributed by atoms with van der Waals surface area (Å²) >= 11 is 1.34. The third kappa shape index (κ3) is 3.66. The van der Waals surface area contributed by atoms with Crippen molar-refractivity contribution >= 4 is 26.3 Å². The molecule has 0 aliphatic rings. The summed E-state index contributed by atoms with van der Waals surface area (Å²) in [5.74, 6) is -0.635. The first-order chi connectivity index (χ1) is 13.4. The summed E-state index contributed by atoms with van der Waals surface area (Å²) in [6.07, 6.45) is 0.362. The molecule has 6 nitrogen and oxygen atoms in total. The molecular weight excluding hydrogens is 406 g/mol. The van der Waals surface area contributed by atoms with Gasteiger partial charge in [-0.1, -0.05) is 12.1 Å². The second-order valence-corrected chi connectivity index (χ2v) is 8.54. The van der Waals surface area contributed by atoms with Crippen LogP contribution < -0.4 is 4.72 Å². The van der Waals surface area contributed by atoms with Crippen molar-refractivity contribution in [2.24, 2.45) is 0 Å². The number of thiazole rings is 1. The van der Waals surface area contributed by atoms with Gasteiger partial charge >= 0.3 is 0 Å². The first kappa shape index (κ1) is 18.7. The molecule has 28 heavy (non-hydrogen) atoms. The van der Waals surface area contributed by atoms with Crippen LogP contribution in [0.15, 0.2) is 58.8 Å². The maximum absolute atomic E-state index is 13.9. The van der Waals surface area contributed by atoms with E-state index in [0.29, 0.717) is 16.9 Å². The molecule has 0 fully saturated rings. The van der Waals surface area contributed by atoms with E-state index in [1.165, 1.54) is 29.5 Å². The standard InChI is InChI=1S/C18H14F2N4O2S2/c19-12-5-7-14(8-6-12)28(25,26)21-10-9-13-11-27-18-22-17(23-24(13)18)15-3-1-2-4-16(15)20/h1-8,11,21H,9-10H2. The van der Waals surface area contributed by atoms with E-state index in [1.807, 2.05) is 5.38 Å². The SMILES string of the molecule is O=S(=O)(NCCc1csc2nc(-c3ccccc3F)nn12)c1ccc(F)cc1. The minimum absolute atomic E-state index is 0.00744. The zero-order chi connectivity index (χ0) is 19.7. The number of sulfonamides is 1. The Bertz CT molecular complexity index is 1230. The van der Waals surface area contributed by atoms with Crippen LogP contribution in [0.4, 0.5) is 8.78 Å². The van der Waals surface area contributed by atoms with Gasteiger partial charge in [-0.25, -0.2) is 26.4 Å². The van der Waals surface area contributed by atoms with Gasteiger partial charge in [0.2, 0.25) is 15.0 Å². The summed E-state index contributed by atoms with van der Waals surface area (Å²) in [6.45, 7) is 0.125. The van der Waals surface area contributed by atoms with Crippen LogP contribution in [-0.4, -0.2) is 29.6 Å². The fourth-order valence-electron chi connectivity index (χ4n) is 2.66. The van der Waals surface area contributed by atoms with Gasteiger partial charge < -0.3 is 0 Å². The Kier molecular flexibility index (Phi) is 4.92. The first-order valence-corrected chi connectivity index (χ1v) is 10.6. The molecule has 4 aromatic rings. The molecule has 0 bridgehead atoms. The van der Waals surface area contributed by atoms with E-state index in [-0.39, 0.29) is 17.3 Å². The predicted molar refractivity (Wildman–Crippen MR) is 102 cm³/mol. The molecule has 0 saturated heterocycles. The molecule has 0 amide bonds. The zero-order valence-electron chi connectivity index (χ0n) is 14.3. The van der Waals surface area contributed by atoms with Gasteiger partial charge in [0.15, 0.2) is 5.82 Å². The lowest BCUT2D eigenvalue weighted by Crippen LogP contribution is -2.26. The van der Waals surface area contributed by atoms with Crippen LogP contribution in [0.5, 0.6) is 0 Å². The van der Waals surface area contributed by atoms with Crippen molar-refractivity contribution in [1.29, 1.82) is 0 Å². The molecule has 0 spiro atoms. The van der Waals surface area contributed by atoms with Gasteiger partial charge in [0.1, 0.15) is 11.6 Å². The number of nitrogens with one attached hydrogen (secondary N) is 1. The number of rotatable bonds is 6. The fourth-order valence-corrected chi connectivity index (χ4v) is 4.55. The lowest BCUT2D eigenvalue weighted by molar-refractivity contribution is 0.580. The molecule has 144 valence electrons. The largest absolute Gasteiger partial charge is 0.240 e. The lowest BCUT2D eigenvalue weighted by atomic mass is 10.2. The van der Waals surface area contributed by atoms with Crippen LogP contribution in [-0.2, 0) is 16.4 Å². The number of halogens is 2. The molecule has 0 saturated carbocycles. The normalized spacial score (nSPS) is 11.9. The van der Waals surface area contributed by atoms with Gasteiger partial charge in [-0.15, -0.1) is 16.4 Å². The van der Waals surface area contributed by atoms with E-state index >= 15 is 0 Å². The molecule has 0 unspecified atom stereocenters. The molecule has 2 aromatic carbocycles. The Balaban J connectivity index is 1.50. The van der Waals surface area contributed by atoms with Crippen molar-refractivity contribution in [3.05, 3.63) is 71.2 Å². The summed E-state index contributed by atoms with van der Waals surface area (Å²) in [7, 11) is -3.74. The highest BCUT2D eigenvalue weighted by Crippen LogP contribution is 2.23. The fraction of sp³-hybridized carbons (Fsp3) is 0.111. The van der Waals surface area contributed by atoms with Crippen molar-refractivity contribution in [2.45, 2.75) is 11.3 Å². The number of benzene rings is 2. The van der Waals surface area contributed by atoms with E-state index in [4.69, 9.17) is 0 Å². The Morgan fingerprint density at radius 2 is 1.82 bits per heavy atom. The number of aromatic nitrogens is 3. The van der Waals surface area contributed by atoms with Gasteiger partial charge in [-0.05, 0) is 36.4 Å². The monoisotopic (exact) mass is 420 g/mol. The summed E-state index contributed by atoms with van der Waals surface area (Å²) < 4.78 is 55.5. The van der Waals surface area contributed by atoms with Crippen molar-refractivity contribution in [1.82, 2.24) is 19.3 Å². The minimum Gasteiger partial charge on any atom is -0.211 e. The summed E-state index contributed by atoms with van der Waals surface area (Å²) in [4.78, 5) is 4.92. The quantitative estimate of drug-likeness (QED) is 0.520. The average Bonchev–Trinajstić information content (AvgIpc) is 3.24. The molecular formula is C18H14F2N4O2S2. The maximum Gasteiger partial charge on any atom is 0.240 e. The molecule has 2 heterocycles. The van der Waals surface area contributed by atoms with Gasteiger partial charge in [0.25, 0.3) is 0 Å². The third-order valence-electron chi connectivity index (χ3n) is 4.06. The maximum atomic E-state index is 13.9. The second kappa shape index (κ2) is 7.38. The molecule has 0 aliphatic heterocycles. The molecule has 10 heteroatoms. The van der Waals surface area contributed by atoms with Crippen molar-refractivity contribution in [3.8, 4) is 11.4 Å². The average molecular weight is 420 g/mol. The minimum atomic E-state index is -3.74. The molecule has 0 atom stereocenters. The molecule has 4 rings (SSSR count). The van der Waals surface area contributed by atoms with Crippen LogP contribution in [0.3, 0.4) is 0 Å². The Morgan fingerprint density at radius 3 is 2.57 bits per heavy atom. The highest BCUT2D eigenvalue weighted by molar-refractivity contribution is 7.89. The van der Waals surface area contributed by atoms with E-state index in [2.05, 4.69) is 14.8 Å². The lowest BCUT2D eigenvalue weighted by Gasteiger charge is -2.06. The number of fused-ring (bicyclic) bond motifs is 1. The van der Waals surface area contributed by atoms with Crippen molar-refractivity contribution < 1.29 is 17.2 Å². The van der Waals surface area contributed by atoms with Gasteiger partial charge in [0, 0.05) is 18.3 Å². The zero-order valence-corrected chi connectivity index (χ0v) is 16.0. The van der Waals surface area contributed by atoms with Crippen LogP contribution in [0.1, 0.15) is 5.69 Å². The Labute approximate surface area is 163 Å². The van der Waals surface area contributed by atoms with Gasteiger partial charge in [0.05, 0.1) is 16.2 Å². The Hall–Kier alpha value is -2.69. The van der Waals surface area contributed by atoms with E-state index < -0.39 is 21.7 Å². The summed E-state index contributed by atoms with van der Waals surface area (Å²) in [5, 5.41) is 6.17. The van der Waals surface area contributed by atoms with E-state index in [0.717, 1.165) is 17.8 Å². The molecule has 2 aromatic heterocycles. The van der Waals surface area contributed by atoms with Crippen LogP contribution >= 0.6 is 11.3 Å². The molecule has 1 N–H and O–H groups in total. The molecule has 0 radical (unpaired) electrons. The van der Waals surface area contributed by atoms with Gasteiger partial charge in [-0.3, -0.25) is 0 Å². The van der Waals surface area contributed by atoms with Crippen LogP contribution in [0, 0.1) is 11.6 Å². The highest BCUT2D eigenvalue weighted by atomic mass is 32.2. The smallest absolute Gasteiger partial charge is 0.211 e. The predicted octanol–water partition coefficient (Wildman–Crippen LogP) is 3.26. The van der Waals surface area contributed by atoms with Gasteiger partial charge in [-0.2, -0.15) is 4.98 Å². The van der Waals surface area contributed by atoms with E-state index in [1.54, 1.807) is 22.7 Å². The Morgan fingerprint density at radius 1 is 1.07 bits per heavy atom. The van der Waals surface area contributed by atoms with Crippen molar-refractivity contribution in [2.75, 3.05) is 6.54 Å². The number of hydrogen-bond donors (Lipinski definition) is 1. The number of hydrogen-bond acceptors (Lipinski definition) is 5. The highest BCUT2D eigenvalue weighted by Gasteiger charge is 2.16. The topological polar surface area (TPSA) is 76.4 Å². The first-order valence-electron chi connectivity index (χ1n) is 8.27. The second-order valence-electron chi connectivity index (χ2n) is 5.94. The van der Waals surface area contributed by atoms with Crippen LogP contribution in [0.2, 0.25) is 0 Å². The number of nitrogens with zero attached hydrogens (tertiary/aromatic N) is 3. The third-order valence-corrected chi connectivity index (χ3v) is 6.40.